The molecule has 0 aliphatic carbocycles. The molecule has 6 aromatic heterocycles. The summed E-state index contributed by atoms with van der Waals surface area (Å²) in [5, 5.41) is 1.76. The van der Waals surface area contributed by atoms with E-state index in [4.69, 9.17) is 9.97 Å². The minimum atomic E-state index is -0.249. The highest BCUT2D eigenvalue weighted by molar-refractivity contribution is 7.98. The number of para-hydroxylation sites is 2. The van der Waals surface area contributed by atoms with E-state index in [0.29, 0.717) is 66.3 Å². The predicted octanol–water partition coefficient (Wildman–Crippen LogP) is 4.41. The van der Waals surface area contributed by atoms with Crippen molar-refractivity contribution >= 4 is 56.6 Å². The van der Waals surface area contributed by atoms with Crippen LogP contribution >= 0.6 is 23.5 Å². The Morgan fingerprint density at radius 1 is 0.500 bits per heavy atom. The van der Waals surface area contributed by atoms with Crippen molar-refractivity contribution in [3.05, 3.63) is 162 Å². The molecule has 0 bridgehead atoms. The summed E-state index contributed by atoms with van der Waals surface area (Å²) in [7, 11) is 0. The Balaban J connectivity index is 1.14. The maximum absolute atomic E-state index is 13.9. The van der Waals surface area contributed by atoms with Crippen molar-refractivity contribution in [1.29, 1.82) is 0 Å². The van der Waals surface area contributed by atoms with Crippen molar-refractivity contribution < 1.29 is 0 Å². The molecule has 0 saturated carbocycles. The van der Waals surface area contributed by atoms with Gasteiger partial charge in [-0.15, -0.1) is 0 Å². The van der Waals surface area contributed by atoms with Gasteiger partial charge in [-0.3, -0.25) is 37.1 Å². The monoisotopic (exact) mass is 698 g/mol. The van der Waals surface area contributed by atoms with E-state index in [0.717, 1.165) is 0 Å². The van der Waals surface area contributed by atoms with Gasteiger partial charge in [-0.25, -0.2) is 19.9 Å². The van der Waals surface area contributed by atoms with E-state index in [1.807, 2.05) is 24.3 Å². The maximum Gasteiger partial charge on any atom is 0.262 e. The summed E-state index contributed by atoms with van der Waals surface area (Å²) >= 11 is 2.59. The van der Waals surface area contributed by atoms with E-state index in [1.165, 1.54) is 44.5 Å². The second-order valence-electron chi connectivity index (χ2n) is 11.3. The van der Waals surface area contributed by atoms with Crippen LogP contribution in [0.1, 0.15) is 11.4 Å². The van der Waals surface area contributed by atoms with Crippen LogP contribution in [0.5, 0.6) is 0 Å². The van der Waals surface area contributed by atoms with Crippen molar-refractivity contribution in [1.82, 2.24) is 37.9 Å². The fraction of sp³-hybridized carbons (Fsp3) is 0.111. The Labute approximate surface area is 290 Å². The first-order valence-electron chi connectivity index (χ1n) is 15.6. The zero-order valence-corrected chi connectivity index (χ0v) is 27.9. The standard InChI is InChI=1S/C36H26N8O4S2/c45-31-19-23(37-29-13-5-7-15-41(29)31)21-49-35-39-27-11-3-1-9-25(27)33(47)43(35)17-18-44-34(48)26-10-2-4-12-28(26)40-36(44)50-22-24-20-32(46)42-16-8-6-14-30(42)38-24/h1-16,19-20H,17-18,21-22H2. The normalized spacial score (nSPS) is 11.6. The molecule has 12 nitrogen and oxygen atoms in total. The smallest absolute Gasteiger partial charge is 0.262 e. The Morgan fingerprint density at radius 3 is 1.38 bits per heavy atom. The van der Waals surface area contributed by atoms with Gasteiger partial charge in [0.25, 0.3) is 22.2 Å². The molecule has 0 spiro atoms. The highest BCUT2D eigenvalue weighted by Crippen LogP contribution is 2.24. The average molecular weight is 699 g/mol. The van der Waals surface area contributed by atoms with Gasteiger partial charge in [0.1, 0.15) is 11.3 Å². The molecule has 0 radical (unpaired) electrons. The SMILES string of the molecule is O=c1c2ccccc2nc(SCc2cc(=O)n3ccccc3n2)n1CCn1c(SCc2cc(=O)n3ccccc3n2)nc2ccccc2c1=O. The van der Waals surface area contributed by atoms with Crippen LogP contribution in [-0.4, -0.2) is 37.9 Å². The van der Waals surface area contributed by atoms with Crippen LogP contribution in [0.3, 0.4) is 0 Å². The van der Waals surface area contributed by atoms with Gasteiger partial charge in [0.05, 0.1) is 33.2 Å². The average Bonchev–Trinajstić information content (AvgIpc) is 3.14. The van der Waals surface area contributed by atoms with Crippen LogP contribution in [0.15, 0.2) is 139 Å². The second-order valence-corrected chi connectivity index (χ2v) is 13.2. The summed E-state index contributed by atoms with van der Waals surface area (Å²) in [6, 6.07) is 27.9. The van der Waals surface area contributed by atoms with Gasteiger partial charge in [-0.2, -0.15) is 0 Å². The van der Waals surface area contributed by atoms with Gasteiger partial charge in [0, 0.05) is 49.1 Å². The Morgan fingerprint density at radius 2 is 0.920 bits per heavy atom. The summed E-state index contributed by atoms with van der Waals surface area (Å²) in [5.74, 6) is 0.589. The molecular weight excluding hydrogens is 673 g/mol. The summed E-state index contributed by atoms with van der Waals surface area (Å²) in [6.45, 7) is 0.242. The van der Waals surface area contributed by atoms with Gasteiger partial charge < -0.3 is 0 Å². The number of thioether (sulfide) groups is 2. The highest BCUT2D eigenvalue weighted by Gasteiger charge is 2.17. The lowest BCUT2D eigenvalue weighted by molar-refractivity contribution is 0.486. The molecule has 0 aliphatic heterocycles. The second kappa shape index (κ2) is 13.2. The minimum absolute atomic E-state index is 0.121. The van der Waals surface area contributed by atoms with Crippen LogP contribution in [-0.2, 0) is 24.6 Å². The summed E-state index contributed by atoms with van der Waals surface area (Å²) in [5.41, 5.74) is 2.34. The molecule has 0 saturated heterocycles. The largest absolute Gasteiger partial charge is 0.285 e. The quantitative estimate of drug-likeness (QED) is 0.157. The third-order valence-electron chi connectivity index (χ3n) is 8.15. The number of nitrogens with zero attached hydrogens (tertiary/aromatic N) is 8. The summed E-state index contributed by atoms with van der Waals surface area (Å²) < 4.78 is 6.06. The van der Waals surface area contributed by atoms with Gasteiger partial charge >= 0.3 is 0 Å². The molecular formula is C36H26N8O4S2. The Hall–Kier alpha value is -5.86. The zero-order chi connectivity index (χ0) is 34.2. The number of rotatable bonds is 9. The number of pyridine rings is 2. The molecule has 0 amide bonds. The van der Waals surface area contributed by atoms with E-state index in [2.05, 4.69) is 9.97 Å². The summed E-state index contributed by atoms with van der Waals surface area (Å²) in [4.78, 5) is 72.2. The first-order chi connectivity index (χ1) is 24.4. The molecule has 8 aromatic rings. The number of benzene rings is 2. The molecule has 8 rings (SSSR count). The zero-order valence-electron chi connectivity index (χ0n) is 26.2. The van der Waals surface area contributed by atoms with Crippen molar-refractivity contribution in [3.63, 3.8) is 0 Å². The fourth-order valence-electron chi connectivity index (χ4n) is 5.74. The van der Waals surface area contributed by atoms with Crippen molar-refractivity contribution in [2.75, 3.05) is 0 Å². The molecule has 50 heavy (non-hydrogen) atoms. The lowest BCUT2D eigenvalue weighted by atomic mass is 10.2. The molecule has 6 heterocycles. The summed E-state index contributed by atoms with van der Waals surface area (Å²) in [6.07, 6.45) is 3.33. The molecule has 0 aliphatic rings. The first-order valence-corrected chi connectivity index (χ1v) is 17.6. The fourth-order valence-corrected chi connectivity index (χ4v) is 7.58. The Kier molecular flexibility index (Phi) is 8.30. The van der Waals surface area contributed by atoms with E-state index < -0.39 is 0 Å². The van der Waals surface area contributed by atoms with Crippen LogP contribution in [0.25, 0.3) is 33.1 Å². The highest BCUT2D eigenvalue weighted by atomic mass is 32.2. The van der Waals surface area contributed by atoms with Gasteiger partial charge in [-0.05, 0) is 48.5 Å². The van der Waals surface area contributed by atoms with E-state index in [9.17, 15) is 19.2 Å². The van der Waals surface area contributed by atoms with Crippen molar-refractivity contribution in [2.45, 2.75) is 34.9 Å². The van der Waals surface area contributed by atoms with Gasteiger partial charge in [0.2, 0.25) is 0 Å². The lowest BCUT2D eigenvalue weighted by Gasteiger charge is -2.16. The van der Waals surface area contributed by atoms with Gasteiger partial charge in [0.15, 0.2) is 10.3 Å². The molecule has 0 N–H and O–H groups in total. The topological polar surface area (TPSA) is 139 Å². The number of fused-ring (bicyclic) bond motifs is 4. The van der Waals surface area contributed by atoms with Gasteiger partial charge in [-0.1, -0.05) is 59.9 Å². The molecule has 14 heteroatoms. The minimum Gasteiger partial charge on any atom is -0.285 e. The van der Waals surface area contributed by atoms with Crippen LogP contribution in [0, 0.1) is 0 Å². The molecule has 0 atom stereocenters. The molecule has 246 valence electrons. The Bertz CT molecular complexity index is 2650. The van der Waals surface area contributed by atoms with Crippen molar-refractivity contribution in [3.8, 4) is 0 Å². The predicted molar refractivity (Wildman–Crippen MR) is 194 cm³/mol. The number of aromatic nitrogens is 8. The third-order valence-corrected chi connectivity index (χ3v) is 10.2. The van der Waals surface area contributed by atoms with Crippen LogP contribution in [0.4, 0.5) is 0 Å². The molecule has 2 aromatic carbocycles. The first kappa shape index (κ1) is 31.4. The number of hydrogen-bond acceptors (Lipinski definition) is 10. The third kappa shape index (κ3) is 5.99. The van der Waals surface area contributed by atoms with Crippen LogP contribution < -0.4 is 22.2 Å². The lowest BCUT2D eigenvalue weighted by Crippen LogP contribution is -2.30. The van der Waals surface area contributed by atoms with Crippen LogP contribution in [0.2, 0.25) is 0 Å². The van der Waals surface area contributed by atoms with E-state index in [1.54, 1.807) is 82.2 Å². The number of hydrogen-bond donors (Lipinski definition) is 0. The molecule has 0 fully saturated rings. The molecule has 0 unspecified atom stereocenters. The van der Waals surface area contributed by atoms with E-state index in [-0.39, 0.29) is 35.3 Å². The van der Waals surface area contributed by atoms with Crippen molar-refractivity contribution in [2.24, 2.45) is 0 Å². The van der Waals surface area contributed by atoms with E-state index >= 15 is 0 Å². The maximum atomic E-state index is 13.9.